The second kappa shape index (κ2) is 2.11. The van der Waals surface area contributed by atoms with Crippen LogP contribution in [0.25, 0.3) is 0 Å². The van der Waals surface area contributed by atoms with Crippen molar-refractivity contribution in [3.8, 4) is 0 Å². The van der Waals surface area contributed by atoms with E-state index in [-0.39, 0.29) is 11.7 Å². The van der Waals surface area contributed by atoms with Crippen molar-refractivity contribution in [2.45, 2.75) is 12.5 Å². The largest absolute Gasteiger partial charge is 0.438 e. The fraction of sp³-hybridized carbons (Fsp3) is 0.857. The summed E-state index contributed by atoms with van der Waals surface area (Å²) in [6.07, 6.45) is -0.263. The Morgan fingerprint density at radius 1 is 1.73 bits per heavy atom. The van der Waals surface area contributed by atoms with E-state index in [9.17, 15) is 4.79 Å². The first kappa shape index (κ1) is 6.91. The Morgan fingerprint density at radius 3 is 2.91 bits per heavy atom. The molecule has 1 N–H and O–H groups in total. The van der Waals surface area contributed by atoms with E-state index >= 15 is 0 Å². The van der Waals surface area contributed by atoms with Crippen molar-refractivity contribution in [2.24, 2.45) is 0 Å². The third-order valence-corrected chi connectivity index (χ3v) is 2.33. The number of likely N-dealkylation sites (N-methyl/N-ethyl adjacent to an activating group) is 1. The number of hydrogen-bond acceptors (Lipinski definition) is 3. The third kappa shape index (κ3) is 0.976. The molecule has 4 heteroatoms. The molecule has 62 valence electrons. The Morgan fingerprint density at radius 2 is 2.45 bits per heavy atom. The van der Waals surface area contributed by atoms with E-state index in [1.54, 1.807) is 0 Å². The molecule has 2 rings (SSSR count). The number of nitrogens with one attached hydrogen (secondary N) is 1. The lowest BCUT2D eigenvalue weighted by atomic mass is 9.95. The fourth-order valence-electron chi connectivity index (χ4n) is 1.67. The van der Waals surface area contributed by atoms with Gasteiger partial charge in [0.2, 0.25) is 0 Å². The summed E-state index contributed by atoms with van der Waals surface area (Å²) in [5.74, 6) is 0. The van der Waals surface area contributed by atoms with E-state index in [0.717, 1.165) is 19.6 Å². The van der Waals surface area contributed by atoms with Gasteiger partial charge in [-0.25, -0.2) is 4.79 Å². The molecule has 0 aromatic heterocycles. The number of rotatable bonds is 1. The summed E-state index contributed by atoms with van der Waals surface area (Å²) >= 11 is 0. The van der Waals surface area contributed by atoms with Gasteiger partial charge < -0.3 is 10.1 Å². The molecular formula is C7H12N2O2. The summed E-state index contributed by atoms with van der Waals surface area (Å²) in [7, 11) is 0. The van der Waals surface area contributed by atoms with Gasteiger partial charge in [0, 0.05) is 13.1 Å². The number of nitrogens with zero attached hydrogens (tertiary/aromatic N) is 1. The van der Waals surface area contributed by atoms with Gasteiger partial charge in [0.1, 0.15) is 0 Å². The molecule has 0 atom stereocenters. The van der Waals surface area contributed by atoms with Crippen molar-refractivity contribution >= 4 is 6.09 Å². The molecule has 2 aliphatic heterocycles. The summed E-state index contributed by atoms with van der Waals surface area (Å²) < 4.78 is 5.13. The lowest BCUT2D eigenvalue weighted by molar-refractivity contribution is -0.0701. The standard InChI is InChI=1S/C7H12N2O2/c1-2-9-4-7(5-9)3-8-6(10)11-7/h2-5H2,1H3,(H,8,10). The summed E-state index contributed by atoms with van der Waals surface area (Å²) in [5, 5.41) is 2.67. The molecule has 0 aliphatic carbocycles. The second-order valence-corrected chi connectivity index (χ2v) is 3.23. The van der Waals surface area contributed by atoms with Crippen LogP contribution in [-0.2, 0) is 4.74 Å². The van der Waals surface area contributed by atoms with Gasteiger partial charge in [-0.15, -0.1) is 0 Å². The van der Waals surface area contributed by atoms with Crippen molar-refractivity contribution < 1.29 is 9.53 Å². The Hall–Kier alpha value is -0.770. The molecule has 2 heterocycles. The molecule has 0 radical (unpaired) electrons. The zero-order chi connectivity index (χ0) is 7.90. The number of likely N-dealkylation sites (tertiary alicyclic amines) is 1. The number of alkyl carbamates (subject to hydrolysis) is 1. The maximum absolute atomic E-state index is 10.7. The van der Waals surface area contributed by atoms with Crippen LogP contribution in [0.15, 0.2) is 0 Å². The third-order valence-electron chi connectivity index (χ3n) is 2.33. The molecule has 0 aromatic rings. The van der Waals surface area contributed by atoms with Gasteiger partial charge in [-0.1, -0.05) is 6.92 Å². The number of hydrogen-bond donors (Lipinski definition) is 1. The van der Waals surface area contributed by atoms with Gasteiger partial charge >= 0.3 is 6.09 Å². The Kier molecular flexibility index (Phi) is 1.32. The van der Waals surface area contributed by atoms with Crippen molar-refractivity contribution in [3.05, 3.63) is 0 Å². The quantitative estimate of drug-likeness (QED) is 0.571. The predicted octanol–water partition coefficient (Wildman–Crippen LogP) is -0.199. The number of amides is 1. The molecule has 11 heavy (non-hydrogen) atoms. The highest BCUT2D eigenvalue weighted by molar-refractivity contribution is 5.70. The van der Waals surface area contributed by atoms with Crippen molar-refractivity contribution in [1.82, 2.24) is 10.2 Å². The zero-order valence-corrected chi connectivity index (χ0v) is 6.59. The topological polar surface area (TPSA) is 41.6 Å². The average Bonchev–Trinajstić information content (AvgIpc) is 2.28. The molecule has 0 aromatic carbocycles. The molecule has 2 fully saturated rings. The molecular weight excluding hydrogens is 144 g/mol. The molecule has 0 saturated carbocycles. The van der Waals surface area contributed by atoms with Crippen LogP contribution in [0.2, 0.25) is 0 Å². The first-order valence-corrected chi connectivity index (χ1v) is 3.93. The van der Waals surface area contributed by atoms with Gasteiger partial charge in [0.25, 0.3) is 0 Å². The molecule has 0 unspecified atom stereocenters. The average molecular weight is 156 g/mol. The van der Waals surface area contributed by atoms with Gasteiger partial charge in [-0.3, -0.25) is 4.90 Å². The fourth-order valence-corrected chi connectivity index (χ4v) is 1.67. The Bertz CT molecular complexity index is 187. The van der Waals surface area contributed by atoms with E-state index in [4.69, 9.17) is 4.74 Å². The first-order valence-electron chi connectivity index (χ1n) is 3.93. The molecule has 0 bridgehead atoms. The van der Waals surface area contributed by atoms with Gasteiger partial charge in [-0.05, 0) is 6.54 Å². The van der Waals surface area contributed by atoms with Crippen LogP contribution in [0.4, 0.5) is 4.79 Å². The number of ether oxygens (including phenoxy) is 1. The second-order valence-electron chi connectivity index (χ2n) is 3.23. The van der Waals surface area contributed by atoms with E-state index in [1.165, 1.54) is 0 Å². The van der Waals surface area contributed by atoms with Crippen molar-refractivity contribution in [3.63, 3.8) is 0 Å². The van der Waals surface area contributed by atoms with Crippen LogP contribution in [0.5, 0.6) is 0 Å². The minimum absolute atomic E-state index is 0.174. The van der Waals surface area contributed by atoms with E-state index in [2.05, 4.69) is 17.1 Å². The van der Waals surface area contributed by atoms with Crippen LogP contribution in [0.1, 0.15) is 6.92 Å². The summed E-state index contributed by atoms with van der Waals surface area (Å²) in [6.45, 7) is 5.61. The maximum atomic E-state index is 10.7. The lowest BCUT2D eigenvalue weighted by Crippen LogP contribution is -2.63. The Balaban J connectivity index is 1.92. The monoisotopic (exact) mass is 156 g/mol. The minimum atomic E-state index is -0.263. The normalized spacial score (nSPS) is 27.9. The molecule has 1 spiro atoms. The number of carbonyl (C=O) groups excluding carboxylic acids is 1. The predicted molar refractivity (Wildman–Crippen MR) is 39.3 cm³/mol. The molecule has 2 aliphatic rings. The summed E-state index contributed by atoms with van der Waals surface area (Å²) in [6, 6.07) is 0. The highest BCUT2D eigenvalue weighted by atomic mass is 16.6. The first-order chi connectivity index (χ1) is 5.24. The van der Waals surface area contributed by atoms with Gasteiger partial charge in [0.15, 0.2) is 5.60 Å². The smallest absolute Gasteiger partial charge is 0.407 e. The minimum Gasteiger partial charge on any atom is -0.438 e. The van der Waals surface area contributed by atoms with E-state index < -0.39 is 0 Å². The van der Waals surface area contributed by atoms with Crippen LogP contribution in [0, 0.1) is 0 Å². The Labute approximate surface area is 65.5 Å². The molecule has 4 nitrogen and oxygen atoms in total. The van der Waals surface area contributed by atoms with Crippen molar-refractivity contribution in [1.29, 1.82) is 0 Å². The van der Waals surface area contributed by atoms with Crippen LogP contribution < -0.4 is 5.32 Å². The maximum Gasteiger partial charge on any atom is 0.407 e. The zero-order valence-electron chi connectivity index (χ0n) is 6.59. The highest BCUT2D eigenvalue weighted by Gasteiger charge is 2.49. The van der Waals surface area contributed by atoms with Gasteiger partial charge in [-0.2, -0.15) is 0 Å². The van der Waals surface area contributed by atoms with Crippen molar-refractivity contribution in [2.75, 3.05) is 26.2 Å². The molecule has 2 saturated heterocycles. The number of carbonyl (C=O) groups is 1. The molecule has 1 amide bonds. The summed E-state index contributed by atoms with van der Waals surface area (Å²) in [4.78, 5) is 12.9. The summed E-state index contributed by atoms with van der Waals surface area (Å²) in [5.41, 5.74) is -0.174. The lowest BCUT2D eigenvalue weighted by Gasteiger charge is -2.44. The van der Waals surface area contributed by atoms with Gasteiger partial charge in [0.05, 0.1) is 6.54 Å². The van der Waals surface area contributed by atoms with E-state index in [1.807, 2.05) is 0 Å². The van der Waals surface area contributed by atoms with Crippen LogP contribution in [0.3, 0.4) is 0 Å². The van der Waals surface area contributed by atoms with Crippen LogP contribution >= 0.6 is 0 Å². The van der Waals surface area contributed by atoms with E-state index in [0.29, 0.717) is 6.54 Å². The SMILES string of the molecule is CCN1CC2(CNC(=O)O2)C1. The highest BCUT2D eigenvalue weighted by Crippen LogP contribution is 2.27. The van der Waals surface area contributed by atoms with Crippen LogP contribution in [-0.4, -0.2) is 42.8 Å².